The third kappa shape index (κ3) is 8.42. The number of nitro groups is 1. The molecule has 0 radical (unpaired) electrons. The fourth-order valence-electron chi connectivity index (χ4n) is 3.25. The predicted octanol–water partition coefficient (Wildman–Crippen LogP) is 6.60. The summed E-state index contributed by atoms with van der Waals surface area (Å²) in [5, 5.41) is 11.6. The van der Waals surface area contributed by atoms with Gasteiger partial charge in [0.2, 0.25) is 0 Å². The number of hydrogen-bond donors (Lipinski definition) is 0. The van der Waals surface area contributed by atoms with Crippen molar-refractivity contribution in [3.8, 4) is 11.5 Å². The van der Waals surface area contributed by atoms with Crippen LogP contribution in [-0.2, 0) is 0 Å². The Morgan fingerprint density at radius 2 is 1.45 bits per heavy atom. The summed E-state index contributed by atoms with van der Waals surface area (Å²) in [5.41, 5.74) is 0.134. The van der Waals surface area contributed by atoms with Crippen LogP contribution in [0.4, 0.5) is 5.69 Å². The zero-order chi connectivity index (χ0) is 21.6. The number of nitrogens with zero attached hydrogens (tertiary/aromatic N) is 1. The standard InChI is InChI=1S/C23H37NO5/c1-5-9-11-18(7-3)16-28-22-14-21(24(26)27)23(13-20(22)15-25)29-17-19(8-4)12-10-6-2/h13-15,18-19H,5-12,16-17H2,1-4H3. The van der Waals surface area contributed by atoms with Crippen LogP contribution in [0, 0.1) is 22.0 Å². The second kappa shape index (κ2) is 14.0. The molecule has 6 heteroatoms. The topological polar surface area (TPSA) is 78.7 Å². The number of carbonyl (C=O) groups is 1. The summed E-state index contributed by atoms with van der Waals surface area (Å²) in [4.78, 5) is 22.7. The molecule has 1 aromatic rings. The highest BCUT2D eigenvalue weighted by atomic mass is 16.6. The molecule has 0 aliphatic heterocycles. The van der Waals surface area contributed by atoms with E-state index in [-0.39, 0.29) is 22.7 Å². The van der Waals surface area contributed by atoms with Gasteiger partial charge in [-0.25, -0.2) is 0 Å². The molecule has 0 aliphatic rings. The number of rotatable bonds is 16. The lowest BCUT2D eigenvalue weighted by atomic mass is 10.0. The minimum Gasteiger partial charge on any atom is -0.492 e. The molecular weight excluding hydrogens is 370 g/mol. The number of nitro benzene ring substituents is 1. The highest BCUT2D eigenvalue weighted by molar-refractivity contribution is 5.82. The van der Waals surface area contributed by atoms with Gasteiger partial charge in [0.05, 0.1) is 29.8 Å². The molecular formula is C23H37NO5. The Kier molecular flexibility index (Phi) is 12.0. The van der Waals surface area contributed by atoms with Crippen LogP contribution < -0.4 is 9.47 Å². The van der Waals surface area contributed by atoms with Crippen molar-refractivity contribution in [2.75, 3.05) is 13.2 Å². The molecule has 0 fully saturated rings. The largest absolute Gasteiger partial charge is 0.492 e. The summed E-state index contributed by atoms with van der Waals surface area (Å²) in [6.07, 6.45) is 9.11. The Hall–Kier alpha value is -2.11. The number of carbonyl (C=O) groups excluding carboxylic acids is 1. The first-order chi connectivity index (χ1) is 14.0. The number of ether oxygens (including phenoxy) is 2. The van der Waals surface area contributed by atoms with E-state index in [1.54, 1.807) is 0 Å². The smallest absolute Gasteiger partial charge is 0.314 e. The minimum absolute atomic E-state index is 0.137. The quantitative estimate of drug-likeness (QED) is 0.175. The molecule has 6 nitrogen and oxygen atoms in total. The Labute approximate surface area is 175 Å². The summed E-state index contributed by atoms with van der Waals surface area (Å²) >= 11 is 0. The average Bonchev–Trinajstić information content (AvgIpc) is 2.73. The third-order valence-electron chi connectivity index (χ3n) is 5.45. The minimum atomic E-state index is -0.474. The zero-order valence-electron chi connectivity index (χ0n) is 18.4. The van der Waals surface area contributed by atoms with Gasteiger partial charge in [0, 0.05) is 6.07 Å². The SMILES string of the molecule is CCCCC(CC)COc1cc([N+](=O)[O-])c(OCC(CC)CCCC)cc1C=O. The van der Waals surface area contributed by atoms with Crippen LogP contribution in [-0.4, -0.2) is 24.4 Å². The van der Waals surface area contributed by atoms with Gasteiger partial charge in [0.25, 0.3) is 0 Å². The summed E-state index contributed by atoms with van der Waals surface area (Å²) in [7, 11) is 0. The van der Waals surface area contributed by atoms with Crippen molar-refractivity contribution in [2.24, 2.45) is 11.8 Å². The van der Waals surface area contributed by atoms with Crippen molar-refractivity contribution in [1.82, 2.24) is 0 Å². The zero-order valence-corrected chi connectivity index (χ0v) is 18.4. The van der Waals surface area contributed by atoms with E-state index in [0.29, 0.717) is 31.3 Å². The van der Waals surface area contributed by atoms with Gasteiger partial charge in [-0.15, -0.1) is 0 Å². The summed E-state index contributed by atoms with van der Waals surface area (Å²) < 4.78 is 11.6. The first-order valence-corrected chi connectivity index (χ1v) is 11.0. The van der Waals surface area contributed by atoms with Crippen LogP contribution in [0.1, 0.15) is 89.4 Å². The highest BCUT2D eigenvalue weighted by Crippen LogP contribution is 2.35. The van der Waals surface area contributed by atoms with E-state index < -0.39 is 4.92 Å². The number of aldehydes is 1. The van der Waals surface area contributed by atoms with Crippen molar-refractivity contribution < 1.29 is 19.2 Å². The normalized spacial score (nSPS) is 13.0. The van der Waals surface area contributed by atoms with E-state index >= 15 is 0 Å². The molecule has 0 spiro atoms. The van der Waals surface area contributed by atoms with Crippen molar-refractivity contribution in [3.05, 3.63) is 27.8 Å². The first kappa shape index (κ1) is 24.9. The second-order valence-electron chi connectivity index (χ2n) is 7.69. The molecule has 0 heterocycles. The molecule has 164 valence electrons. The molecule has 2 atom stereocenters. The number of hydrogen-bond acceptors (Lipinski definition) is 5. The maximum absolute atomic E-state index is 11.6. The highest BCUT2D eigenvalue weighted by Gasteiger charge is 2.22. The maximum atomic E-state index is 11.6. The Bertz CT molecular complexity index is 632. The number of benzene rings is 1. The van der Waals surface area contributed by atoms with Crippen molar-refractivity contribution in [1.29, 1.82) is 0 Å². The van der Waals surface area contributed by atoms with Crippen molar-refractivity contribution in [3.63, 3.8) is 0 Å². The fourth-order valence-corrected chi connectivity index (χ4v) is 3.25. The summed E-state index contributed by atoms with van der Waals surface area (Å²) in [5.74, 6) is 1.10. The molecule has 0 aromatic heterocycles. The lowest BCUT2D eigenvalue weighted by molar-refractivity contribution is -0.386. The molecule has 2 unspecified atom stereocenters. The van der Waals surface area contributed by atoms with Gasteiger partial charge in [-0.1, -0.05) is 66.2 Å². The van der Waals surface area contributed by atoms with E-state index in [9.17, 15) is 14.9 Å². The molecule has 29 heavy (non-hydrogen) atoms. The first-order valence-electron chi connectivity index (χ1n) is 11.0. The van der Waals surface area contributed by atoms with Gasteiger partial charge in [0.15, 0.2) is 12.0 Å². The molecule has 0 saturated carbocycles. The molecule has 1 aromatic carbocycles. The van der Waals surface area contributed by atoms with Crippen LogP contribution in [0.2, 0.25) is 0 Å². The van der Waals surface area contributed by atoms with Gasteiger partial charge in [-0.05, 0) is 24.7 Å². The molecule has 0 amide bonds. The van der Waals surface area contributed by atoms with Gasteiger partial charge in [-0.2, -0.15) is 0 Å². The van der Waals surface area contributed by atoms with E-state index in [4.69, 9.17) is 9.47 Å². The molecule has 0 aliphatic carbocycles. The maximum Gasteiger partial charge on any atom is 0.314 e. The van der Waals surface area contributed by atoms with Gasteiger partial charge in [-0.3, -0.25) is 14.9 Å². The van der Waals surface area contributed by atoms with Crippen LogP contribution >= 0.6 is 0 Å². The summed E-state index contributed by atoms with van der Waals surface area (Å²) in [6.45, 7) is 9.33. The van der Waals surface area contributed by atoms with Crippen LogP contribution in [0.25, 0.3) is 0 Å². The fraction of sp³-hybridized carbons (Fsp3) is 0.696. The Morgan fingerprint density at radius 1 is 0.931 bits per heavy atom. The van der Waals surface area contributed by atoms with Crippen LogP contribution in [0.15, 0.2) is 12.1 Å². The van der Waals surface area contributed by atoms with E-state index in [2.05, 4.69) is 27.7 Å². The van der Waals surface area contributed by atoms with E-state index in [1.807, 2.05) is 0 Å². The average molecular weight is 408 g/mol. The Morgan fingerprint density at radius 3 is 1.86 bits per heavy atom. The molecule has 0 N–H and O–H groups in total. The van der Waals surface area contributed by atoms with Crippen molar-refractivity contribution in [2.45, 2.75) is 79.1 Å². The predicted molar refractivity (Wildman–Crippen MR) is 116 cm³/mol. The summed E-state index contributed by atoms with van der Waals surface area (Å²) in [6, 6.07) is 2.78. The van der Waals surface area contributed by atoms with E-state index in [1.165, 1.54) is 12.1 Å². The molecule has 1 rings (SSSR count). The van der Waals surface area contributed by atoms with Crippen LogP contribution in [0.5, 0.6) is 11.5 Å². The van der Waals surface area contributed by atoms with Gasteiger partial charge in [0.1, 0.15) is 5.75 Å². The lowest BCUT2D eigenvalue weighted by Gasteiger charge is -2.18. The molecule has 0 saturated heterocycles. The van der Waals surface area contributed by atoms with Gasteiger partial charge >= 0.3 is 5.69 Å². The lowest BCUT2D eigenvalue weighted by Crippen LogP contribution is -2.14. The third-order valence-corrected chi connectivity index (χ3v) is 5.45. The second-order valence-corrected chi connectivity index (χ2v) is 7.69. The van der Waals surface area contributed by atoms with Crippen molar-refractivity contribution >= 4 is 12.0 Å². The van der Waals surface area contributed by atoms with Gasteiger partial charge < -0.3 is 9.47 Å². The van der Waals surface area contributed by atoms with Crippen LogP contribution in [0.3, 0.4) is 0 Å². The Balaban J connectivity index is 2.96. The van der Waals surface area contributed by atoms with E-state index in [0.717, 1.165) is 51.4 Å². The molecule has 0 bridgehead atoms. The number of unbranched alkanes of at least 4 members (excludes halogenated alkanes) is 2. The monoisotopic (exact) mass is 407 g/mol.